The van der Waals surface area contributed by atoms with Crippen molar-refractivity contribution in [2.45, 2.75) is 13.3 Å². The molecule has 0 radical (unpaired) electrons. The Morgan fingerprint density at radius 2 is 2.00 bits per heavy atom. The van der Waals surface area contributed by atoms with Gasteiger partial charge in [-0.25, -0.2) is 0 Å². The van der Waals surface area contributed by atoms with E-state index in [2.05, 4.69) is 24.0 Å². The van der Waals surface area contributed by atoms with Crippen LogP contribution in [0.3, 0.4) is 0 Å². The van der Waals surface area contributed by atoms with Crippen LogP contribution in [0.15, 0.2) is 35.7 Å². The first-order chi connectivity index (χ1) is 11.2. The van der Waals surface area contributed by atoms with E-state index in [9.17, 15) is 4.79 Å². The topological polar surface area (TPSA) is 32.8 Å². The summed E-state index contributed by atoms with van der Waals surface area (Å²) in [4.78, 5) is 17.8. The third-order valence-electron chi connectivity index (χ3n) is 4.21. The first kappa shape index (κ1) is 15.9. The Kier molecular flexibility index (Phi) is 4.86. The number of thiophene rings is 1. The van der Waals surface area contributed by atoms with Gasteiger partial charge in [-0.15, -0.1) is 11.3 Å². The van der Waals surface area contributed by atoms with Crippen molar-refractivity contribution in [1.29, 1.82) is 0 Å². The second kappa shape index (κ2) is 7.04. The smallest absolute Gasteiger partial charge is 0.227 e. The minimum Gasteiger partial charge on any atom is -0.495 e. The molecule has 0 bridgehead atoms. The van der Waals surface area contributed by atoms with E-state index >= 15 is 0 Å². The molecule has 3 rings (SSSR count). The molecule has 4 nitrogen and oxygen atoms in total. The van der Waals surface area contributed by atoms with Crippen molar-refractivity contribution in [3.63, 3.8) is 0 Å². The fourth-order valence-corrected chi connectivity index (χ4v) is 3.61. The molecule has 23 heavy (non-hydrogen) atoms. The quantitative estimate of drug-likeness (QED) is 0.864. The molecule has 0 spiro atoms. The Morgan fingerprint density at radius 3 is 2.65 bits per heavy atom. The molecule has 1 aliphatic heterocycles. The third kappa shape index (κ3) is 3.67. The van der Waals surface area contributed by atoms with Crippen LogP contribution >= 0.6 is 11.3 Å². The normalized spacial score (nSPS) is 14.9. The number of aryl methyl sites for hydroxylation is 1. The highest BCUT2D eigenvalue weighted by Gasteiger charge is 2.23. The molecule has 1 aromatic carbocycles. The van der Waals surface area contributed by atoms with Gasteiger partial charge in [0.2, 0.25) is 5.91 Å². The molecular weight excluding hydrogens is 308 g/mol. The minimum absolute atomic E-state index is 0.225. The van der Waals surface area contributed by atoms with Crippen molar-refractivity contribution >= 4 is 22.9 Å². The number of piperazine rings is 1. The lowest BCUT2D eigenvalue weighted by atomic mass is 10.1. The van der Waals surface area contributed by atoms with E-state index in [1.54, 1.807) is 18.4 Å². The number of hydrogen-bond acceptors (Lipinski definition) is 4. The predicted molar refractivity (Wildman–Crippen MR) is 94.5 cm³/mol. The number of amides is 1. The van der Waals surface area contributed by atoms with Gasteiger partial charge < -0.3 is 14.5 Å². The second-order valence-corrected chi connectivity index (χ2v) is 6.83. The highest BCUT2D eigenvalue weighted by Crippen LogP contribution is 2.30. The number of methoxy groups -OCH3 is 1. The zero-order chi connectivity index (χ0) is 16.2. The van der Waals surface area contributed by atoms with Crippen LogP contribution in [0.5, 0.6) is 5.75 Å². The number of carbonyl (C=O) groups is 1. The first-order valence-electron chi connectivity index (χ1n) is 7.87. The second-order valence-electron chi connectivity index (χ2n) is 5.80. The van der Waals surface area contributed by atoms with Crippen LogP contribution < -0.4 is 9.64 Å². The molecule has 1 aliphatic rings. The van der Waals surface area contributed by atoms with Gasteiger partial charge in [0.1, 0.15) is 5.75 Å². The number of anilines is 1. The number of hydrogen-bond donors (Lipinski definition) is 0. The summed E-state index contributed by atoms with van der Waals surface area (Å²) in [7, 11) is 1.70. The van der Waals surface area contributed by atoms with Gasteiger partial charge in [0.25, 0.3) is 0 Å². The standard InChI is InChI=1S/C18H22N2O2S/c1-14-5-6-17(22-2)16(12-14)19-7-9-20(10-8-19)18(21)13-15-4-3-11-23-15/h3-6,11-12H,7-10,13H2,1-2H3. The number of carbonyl (C=O) groups excluding carboxylic acids is 1. The molecule has 122 valence electrons. The van der Waals surface area contributed by atoms with Crippen LogP contribution in [0.4, 0.5) is 5.69 Å². The average molecular weight is 330 g/mol. The fourth-order valence-electron chi connectivity index (χ4n) is 2.92. The summed E-state index contributed by atoms with van der Waals surface area (Å²) in [6.45, 7) is 5.30. The molecule has 0 aliphatic carbocycles. The molecule has 2 aromatic rings. The van der Waals surface area contributed by atoms with Gasteiger partial charge in [0, 0.05) is 31.1 Å². The Morgan fingerprint density at radius 1 is 1.22 bits per heavy atom. The maximum Gasteiger partial charge on any atom is 0.227 e. The molecule has 0 saturated carbocycles. The van der Waals surface area contributed by atoms with Gasteiger partial charge in [-0.05, 0) is 36.1 Å². The van der Waals surface area contributed by atoms with E-state index in [1.807, 2.05) is 28.5 Å². The third-order valence-corrected chi connectivity index (χ3v) is 5.09. The summed E-state index contributed by atoms with van der Waals surface area (Å²) in [5.41, 5.74) is 2.34. The lowest BCUT2D eigenvalue weighted by Gasteiger charge is -2.36. The van der Waals surface area contributed by atoms with Crippen molar-refractivity contribution < 1.29 is 9.53 Å². The molecule has 1 saturated heterocycles. The number of rotatable bonds is 4. The van der Waals surface area contributed by atoms with E-state index in [1.165, 1.54) is 5.56 Å². The Labute approximate surface area is 141 Å². The van der Waals surface area contributed by atoms with E-state index in [0.717, 1.165) is 42.5 Å². The van der Waals surface area contributed by atoms with E-state index in [0.29, 0.717) is 6.42 Å². The minimum atomic E-state index is 0.225. The Balaban J connectivity index is 1.62. The van der Waals surface area contributed by atoms with Gasteiger partial charge in [-0.2, -0.15) is 0 Å². The zero-order valence-electron chi connectivity index (χ0n) is 13.6. The number of benzene rings is 1. The predicted octanol–water partition coefficient (Wildman–Crippen LogP) is 2.96. The summed E-state index contributed by atoms with van der Waals surface area (Å²) in [5.74, 6) is 1.12. The molecule has 1 fully saturated rings. The average Bonchev–Trinajstić information content (AvgIpc) is 3.08. The zero-order valence-corrected chi connectivity index (χ0v) is 14.4. The summed E-state index contributed by atoms with van der Waals surface area (Å²) in [6.07, 6.45) is 0.519. The lowest BCUT2D eigenvalue weighted by molar-refractivity contribution is -0.130. The van der Waals surface area contributed by atoms with Crippen LogP contribution in [0.25, 0.3) is 0 Å². The van der Waals surface area contributed by atoms with E-state index in [-0.39, 0.29) is 5.91 Å². The highest BCUT2D eigenvalue weighted by atomic mass is 32.1. The molecule has 0 unspecified atom stereocenters. The molecule has 5 heteroatoms. The maximum atomic E-state index is 12.4. The summed E-state index contributed by atoms with van der Waals surface area (Å²) >= 11 is 1.64. The summed E-state index contributed by atoms with van der Waals surface area (Å²) in [5, 5.41) is 2.02. The van der Waals surface area contributed by atoms with Crippen LogP contribution in [0, 0.1) is 6.92 Å². The van der Waals surface area contributed by atoms with Crippen molar-refractivity contribution in [3.05, 3.63) is 46.2 Å². The van der Waals surface area contributed by atoms with Gasteiger partial charge in [-0.1, -0.05) is 12.1 Å². The van der Waals surface area contributed by atoms with Gasteiger partial charge in [0.05, 0.1) is 19.2 Å². The summed E-state index contributed by atoms with van der Waals surface area (Å²) in [6, 6.07) is 10.2. The van der Waals surface area contributed by atoms with Gasteiger partial charge in [-0.3, -0.25) is 4.79 Å². The van der Waals surface area contributed by atoms with Crippen molar-refractivity contribution in [2.24, 2.45) is 0 Å². The fraction of sp³-hybridized carbons (Fsp3) is 0.389. The number of ether oxygens (including phenoxy) is 1. The molecule has 2 heterocycles. The van der Waals surface area contributed by atoms with Crippen molar-refractivity contribution in [3.8, 4) is 5.75 Å². The van der Waals surface area contributed by atoms with E-state index in [4.69, 9.17) is 4.74 Å². The molecule has 1 amide bonds. The van der Waals surface area contributed by atoms with Crippen molar-refractivity contribution in [1.82, 2.24) is 4.90 Å². The molecule has 0 atom stereocenters. The van der Waals surface area contributed by atoms with Crippen LogP contribution in [-0.4, -0.2) is 44.1 Å². The maximum absolute atomic E-state index is 12.4. The largest absolute Gasteiger partial charge is 0.495 e. The number of nitrogens with zero attached hydrogens (tertiary/aromatic N) is 2. The van der Waals surface area contributed by atoms with Gasteiger partial charge >= 0.3 is 0 Å². The van der Waals surface area contributed by atoms with Gasteiger partial charge in [0.15, 0.2) is 0 Å². The lowest BCUT2D eigenvalue weighted by Crippen LogP contribution is -2.49. The van der Waals surface area contributed by atoms with Crippen LogP contribution in [0.1, 0.15) is 10.4 Å². The van der Waals surface area contributed by atoms with Crippen LogP contribution in [-0.2, 0) is 11.2 Å². The van der Waals surface area contributed by atoms with Crippen LogP contribution in [0.2, 0.25) is 0 Å². The van der Waals surface area contributed by atoms with Crippen molar-refractivity contribution in [2.75, 3.05) is 38.2 Å². The SMILES string of the molecule is COc1ccc(C)cc1N1CCN(C(=O)Cc2cccs2)CC1. The Bertz CT molecular complexity index is 662. The van der Waals surface area contributed by atoms with E-state index < -0.39 is 0 Å². The molecule has 1 aromatic heterocycles. The molecular formula is C18H22N2O2S. The monoisotopic (exact) mass is 330 g/mol. The molecule has 0 N–H and O–H groups in total. The highest BCUT2D eigenvalue weighted by molar-refractivity contribution is 7.10. The first-order valence-corrected chi connectivity index (χ1v) is 8.75. The Hall–Kier alpha value is -2.01. The summed E-state index contributed by atoms with van der Waals surface area (Å²) < 4.78 is 5.48.